The highest BCUT2D eigenvalue weighted by Crippen LogP contribution is 2.34. The van der Waals surface area contributed by atoms with E-state index < -0.39 is 0 Å². The van der Waals surface area contributed by atoms with Gasteiger partial charge in [-0.1, -0.05) is 48.0 Å². The predicted octanol–water partition coefficient (Wildman–Crippen LogP) is 5.37. The van der Waals surface area contributed by atoms with Crippen molar-refractivity contribution in [3.05, 3.63) is 82.4 Å². The van der Waals surface area contributed by atoms with E-state index in [0.29, 0.717) is 36.2 Å². The molecule has 7 heteroatoms. The average molecular weight is 448 g/mol. The van der Waals surface area contributed by atoms with Gasteiger partial charge in [-0.05, 0) is 29.8 Å². The second-order valence-electron chi connectivity index (χ2n) is 6.62. The number of fused-ring (bicyclic) bond motifs is 1. The number of ether oxygens (including phenoxy) is 4. The molecule has 0 saturated carbocycles. The van der Waals surface area contributed by atoms with Crippen molar-refractivity contribution < 1.29 is 18.9 Å². The summed E-state index contributed by atoms with van der Waals surface area (Å²) in [6, 6.07) is 19.5. The van der Waals surface area contributed by atoms with Crippen molar-refractivity contribution in [3.63, 3.8) is 0 Å². The summed E-state index contributed by atoms with van der Waals surface area (Å²) in [4.78, 5) is 0. The van der Waals surface area contributed by atoms with E-state index >= 15 is 0 Å². The minimum absolute atomic E-state index is 0. The first-order chi connectivity index (χ1) is 14.2. The summed E-state index contributed by atoms with van der Waals surface area (Å²) in [5.41, 5.74) is 3.06. The number of para-hydroxylation sites is 1. The highest BCUT2D eigenvalue weighted by molar-refractivity contribution is 6.31. The van der Waals surface area contributed by atoms with Crippen LogP contribution in [0.1, 0.15) is 16.7 Å². The van der Waals surface area contributed by atoms with Gasteiger partial charge in [0.1, 0.15) is 6.61 Å². The van der Waals surface area contributed by atoms with Gasteiger partial charge in [-0.15, -0.1) is 12.4 Å². The first-order valence-corrected chi connectivity index (χ1v) is 9.73. The van der Waals surface area contributed by atoms with Gasteiger partial charge in [0.15, 0.2) is 23.0 Å². The molecule has 4 rings (SSSR count). The molecule has 1 aliphatic rings. The summed E-state index contributed by atoms with van der Waals surface area (Å²) in [6.45, 7) is 1.97. The molecule has 0 fully saturated rings. The van der Waals surface area contributed by atoms with Crippen molar-refractivity contribution in [2.24, 2.45) is 0 Å². The van der Waals surface area contributed by atoms with E-state index in [1.54, 1.807) is 7.11 Å². The average Bonchev–Trinajstić information content (AvgIpc) is 3.21. The Morgan fingerprint density at radius 3 is 2.57 bits per heavy atom. The van der Waals surface area contributed by atoms with Gasteiger partial charge < -0.3 is 24.3 Å². The molecule has 0 bridgehead atoms. The molecule has 0 radical (unpaired) electrons. The second kappa shape index (κ2) is 10.4. The summed E-state index contributed by atoms with van der Waals surface area (Å²) in [7, 11) is 1.64. The van der Waals surface area contributed by atoms with E-state index in [0.717, 1.165) is 28.2 Å². The van der Waals surface area contributed by atoms with Crippen LogP contribution in [0.25, 0.3) is 0 Å². The van der Waals surface area contributed by atoms with Crippen molar-refractivity contribution in [2.45, 2.75) is 19.7 Å². The zero-order valence-corrected chi connectivity index (χ0v) is 18.1. The molecule has 1 heterocycles. The Bertz CT molecular complexity index is 997. The highest BCUT2D eigenvalue weighted by Gasteiger charge is 2.14. The van der Waals surface area contributed by atoms with Gasteiger partial charge in [-0.25, -0.2) is 0 Å². The van der Waals surface area contributed by atoms with Crippen LogP contribution < -0.4 is 24.3 Å². The third-order valence-electron chi connectivity index (χ3n) is 4.69. The van der Waals surface area contributed by atoms with E-state index in [2.05, 4.69) is 5.32 Å². The Morgan fingerprint density at radius 1 is 0.933 bits per heavy atom. The molecule has 0 amide bonds. The number of hydrogen-bond acceptors (Lipinski definition) is 5. The molecule has 0 aromatic heterocycles. The van der Waals surface area contributed by atoms with E-state index in [1.807, 2.05) is 60.7 Å². The fourth-order valence-corrected chi connectivity index (χ4v) is 3.37. The molecule has 0 aliphatic carbocycles. The fraction of sp³-hybridized carbons (Fsp3) is 0.217. The minimum atomic E-state index is 0. The molecule has 0 atom stereocenters. The Balaban J connectivity index is 0.00000256. The number of methoxy groups -OCH3 is 1. The van der Waals surface area contributed by atoms with Gasteiger partial charge in [0.25, 0.3) is 0 Å². The smallest absolute Gasteiger partial charge is 0.231 e. The van der Waals surface area contributed by atoms with Gasteiger partial charge in [0.05, 0.1) is 7.11 Å². The van der Waals surface area contributed by atoms with Crippen molar-refractivity contribution in [1.82, 2.24) is 5.32 Å². The number of nitrogens with one attached hydrogen (secondary N) is 1. The van der Waals surface area contributed by atoms with Crippen LogP contribution >= 0.6 is 24.0 Å². The van der Waals surface area contributed by atoms with Crippen LogP contribution in [0.3, 0.4) is 0 Å². The molecule has 3 aromatic rings. The normalized spacial score (nSPS) is 11.7. The van der Waals surface area contributed by atoms with Crippen LogP contribution in [0.2, 0.25) is 5.02 Å². The number of hydrogen-bond donors (Lipinski definition) is 1. The quantitative estimate of drug-likeness (QED) is 0.502. The van der Waals surface area contributed by atoms with E-state index in [4.69, 9.17) is 30.5 Å². The summed E-state index contributed by atoms with van der Waals surface area (Å²) in [6.07, 6.45) is 0. The van der Waals surface area contributed by atoms with Crippen LogP contribution in [-0.2, 0) is 19.7 Å². The van der Waals surface area contributed by atoms with Gasteiger partial charge in [0, 0.05) is 29.2 Å². The molecule has 0 unspecified atom stereocenters. The van der Waals surface area contributed by atoms with Gasteiger partial charge in [0.2, 0.25) is 6.79 Å². The van der Waals surface area contributed by atoms with Crippen LogP contribution in [0, 0.1) is 0 Å². The maximum Gasteiger partial charge on any atom is 0.231 e. The number of benzene rings is 3. The number of halogens is 2. The molecule has 0 spiro atoms. The monoisotopic (exact) mass is 447 g/mol. The highest BCUT2D eigenvalue weighted by atomic mass is 35.5. The van der Waals surface area contributed by atoms with E-state index in [9.17, 15) is 0 Å². The van der Waals surface area contributed by atoms with Crippen LogP contribution in [-0.4, -0.2) is 13.9 Å². The molecular formula is C23H23Cl2NO4. The third kappa shape index (κ3) is 5.11. The zero-order valence-electron chi connectivity index (χ0n) is 16.5. The standard InChI is InChI=1S/C23H22ClNO4.ClH/c1-26-21-8-4-6-17(23(21)27-14-18-5-2-3-7-19(18)24)13-25-12-16-9-10-20-22(11-16)29-15-28-20;/h2-11,25H,12-15H2,1H3;1H. The lowest BCUT2D eigenvalue weighted by Gasteiger charge is -2.16. The molecule has 3 aromatic carbocycles. The molecule has 30 heavy (non-hydrogen) atoms. The zero-order chi connectivity index (χ0) is 20.1. The molecule has 1 aliphatic heterocycles. The first kappa shape index (κ1) is 22.1. The first-order valence-electron chi connectivity index (χ1n) is 9.36. The van der Waals surface area contributed by atoms with Gasteiger partial charge in [-0.3, -0.25) is 0 Å². The van der Waals surface area contributed by atoms with Crippen molar-refractivity contribution in [2.75, 3.05) is 13.9 Å². The SMILES string of the molecule is COc1cccc(CNCc2ccc3c(c2)OCO3)c1OCc1ccccc1Cl.Cl. The third-order valence-corrected chi connectivity index (χ3v) is 5.06. The van der Waals surface area contributed by atoms with Crippen LogP contribution in [0.4, 0.5) is 0 Å². The maximum absolute atomic E-state index is 6.25. The molecular weight excluding hydrogens is 425 g/mol. The largest absolute Gasteiger partial charge is 0.493 e. The lowest BCUT2D eigenvalue weighted by atomic mass is 10.1. The predicted molar refractivity (Wildman–Crippen MR) is 119 cm³/mol. The maximum atomic E-state index is 6.25. The lowest BCUT2D eigenvalue weighted by molar-refractivity contribution is 0.174. The van der Waals surface area contributed by atoms with Crippen molar-refractivity contribution in [3.8, 4) is 23.0 Å². The minimum Gasteiger partial charge on any atom is -0.493 e. The Hall–Kier alpha value is -2.60. The van der Waals surface area contributed by atoms with E-state index in [1.165, 1.54) is 0 Å². The van der Waals surface area contributed by atoms with Crippen molar-refractivity contribution >= 4 is 24.0 Å². The number of rotatable bonds is 8. The summed E-state index contributed by atoms with van der Waals surface area (Å²) in [5, 5.41) is 4.14. The van der Waals surface area contributed by atoms with Crippen LogP contribution in [0.5, 0.6) is 23.0 Å². The molecule has 158 valence electrons. The van der Waals surface area contributed by atoms with Gasteiger partial charge in [-0.2, -0.15) is 0 Å². The fourth-order valence-electron chi connectivity index (χ4n) is 3.18. The Labute approximate surface area is 187 Å². The molecule has 5 nitrogen and oxygen atoms in total. The van der Waals surface area contributed by atoms with Gasteiger partial charge >= 0.3 is 0 Å². The summed E-state index contributed by atoms with van der Waals surface area (Å²) >= 11 is 6.25. The second-order valence-corrected chi connectivity index (χ2v) is 7.03. The lowest BCUT2D eigenvalue weighted by Crippen LogP contribution is -2.14. The van der Waals surface area contributed by atoms with Crippen molar-refractivity contribution in [1.29, 1.82) is 0 Å². The Kier molecular flexibility index (Phi) is 7.69. The molecule has 0 saturated heterocycles. The Morgan fingerprint density at radius 2 is 1.73 bits per heavy atom. The van der Waals surface area contributed by atoms with Crippen LogP contribution in [0.15, 0.2) is 60.7 Å². The topological polar surface area (TPSA) is 49.0 Å². The summed E-state index contributed by atoms with van der Waals surface area (Å²) in [5.74, 6) is 2.98. The van der Waals surface area contributed by atoms with E-state index in [-0.39, 0.29) is 19.2 Å². The molecule has 1 N–H and O–H groups in total. The summed E-state index contributed by atoms with van der Waals surface area (Å²) < 4.78 is 22.4.